The molecule has 0 aliphatic carbocycles. The van der Waals surface area contributed by atoms with E-state index in [1.165, 1.54) is 5.41 Å². The Hall–Kier alpha value is -1.70. The molecule has 0 spiro atoms. The van der Waals surface area contributed by atoms with Crippen LogP contribution >= 0.6 is 0 Å². The van der Waals surface area contributed by atoms with Crippen molar-refractivity contribution in [3.05, 3.63) is 41.8 Å². The lowest BCUT2D eigenvalue weighted by Gasteiger charge is -2.30. The van der Waals surface area contributed by atoms with Gasteiger partial charge in [0.2, 0.25) is 5.91 Å². The normalized spacial score (nSPS) is 22.8. The number of sulfone groups is 1. The van der Waals surface area contributed by atoms with Crippen molar-refractivity contribution in [1.82, 2.24) is 4.90 Å². The van der Waals surface area contributed by atoms with E-state index in [9.17, 15) is 13.2 Å². The quantitative estimate of drug-likeness (QED) is 0.761. The van der Waals surface area contributed by atoms with Gasteiger partial charge in [-0.05, 0) is 12.1 Å². The lowest BCUT2D eigenvalue weighted by atomic mass is 10.1. The summed E-state index contributed by atoms with van der Waals surface area (Å²) in [6, 6.07) is 9.56. The molecule has 6 nitrogen and oxygen atoms in total. The molecule has 25 heavy (non-hydrogen) atoms. The first-order chi connectivity index (χ1) is 12.0. The molecule has 0 saturated carbocycles. The van der Waals surface area contributed by atoms with Crippen molar-refractivity contribution in [2.75, 3.05) is 50.0 Å². The van der Waals surface area contributed by atoms with Crippen LogP contribution in [0.5, 0.6) is 0 Å². The second kappa shape index (κ2) is 8.12. The number of amides is 1. The van der Waals surface area contributed by atoms with Crippen LogP contribution in [-0.2, 0) is 19.4 Å². The fourth-order valence-electron chi connectivity index (χ4n) is 3.17. The molecular weight excluding hydrogens is 340 g/mol. The molecular formula is C18H24N2O4S. The highest BCUT2D eigenvalue weighted by atomic mass is 32.2. The molecule has 0 N–H and O–H groups in total. The molecule has 1 unspecified atom stereocenters. The monoisotopic (exact) mass is 364 g/mol. The number of anilines is 1. The van der Waals surface area contributed by atoms with Crippen molar-refractivity contribution in [3.63, 3.8) is 0 Å². The molecule has 2 heterocycles. The number of hydrogen-bond donors (Lipinski definition) is 0. The maximum atomic E-state index is 12.8. The minimum absolute atomic E-state index is 0.0326. The largest absolute Gasteiger partial charge is 0.379 e. The molecule has 3 rings (SSSR count). The van der Waals surface area contributed by atoms with Gasteiger partial charge in [0.1, 0.15) is 0 Å². The van der Waals surface area contributed by atoms with Crippen molar-refractivity contribution in [2.24, 2.45) is 5.92 Å². The number of hydrogen-bond acceptors (Lipinski definition) is 5. The second-order valence-corrected chi connectivity index (χ2v) is 8.39. The van der Waals surface area contributed by atoms with Gasteiger partial charge in [0.25, 0.3) is 0 Å². The zero-order valence-corrected chi connectivity index (χ0v) is 15.0. The van der Waals surface area contributed by atoms with Gasteiger partial charge in [0.05, 0.1) is 19.0 Å². The van der Waals surface area contributed by atoms with E-state index in [0.717, 1.165) is 38.5 Å². The van der Waals surface area contributed by atoms with Crippen LogP contribution in [0.1, 0.15) is 6.42 Å². The number of nitrogens with zero attached hydrogens (tertiary/aromatic N) is 2. The number of allylic oxidation sites excluding steroid dienone is 1. The summed E-state index contributed by atoms with van der Waals surface area (Å²) in [6.45, 7) is 4.57. The molecule has 1 amide bonds. The predicted octanol–water partition coefficient (Wildman–Crippen LogP) is 1.30. The predicted molar refractivity (Wildman–Crippen MR) is 97.1 cm³/mol. The molecule has 2 aliphatic heterocycles. The maximum absolute atomic E-state index is 12.8. The van der Waals surface area contributed by atoms with Gasteiger partial charge >= 0.3 is 0 Å². The highest BCUT2D eigenvalue weighted by Crippen LogP contribution is 2.22. The molecule has 0 aromatic heterocycles. The molecule has 1 fully saturated rings. The third kappa shape index (κ3) is 5.14. The minimum atomic E-state index is -3.13. The van der Waals surface area contributed by atoms with Crippen LogP contribution in [-0.4, -0.2) is 64.4 Å². The van der Waals surface area contributed by atoms with Gasteiger partial charge in [-0.3, -0.25) is 9.69 Å². The molecule has 1 aromatic carbocycles. The Morgan fingerprint density at radius 2 is 1.92 bits per heavy atom. The van der Waals surface area contributed by atoms with Crippen LogP contribution in [0.25, 0.3) is 0 Å². The summed E-state index contributed by atoms with van der Waals surface area (Å²) in [4.78, 5) is 16.9. The topological polar surface area (TPSA) is 66.9 Å². The Labute approximate surface area is 149 Å². The molecule has 136 valence electrons. The molecule has 1 atom stereocenters. The van der Waals surface area contributed by atoms with Crippen molar-refractivity contribution >= 4 is 21.4 Å². The summed E-state index contributed by atoms with van der Waals surface area (Å²) in [7, 11) is -3.13. The smallest absolute Gasteiger partial charge is 0.227 e. The van der Waals surface area contributed by atoms with E-state index < -0.39 is 9.84 Å². The fourth-order valence-corrected chi connectivity index (χ4v) is 4.57. The number of carbonyl (C=O) groups is 1. The van der Waals surface area contributed by atoms with Gasteiger partial charge in [-0.2, -0.15) is 0 Å². The Bertz CT molecular complexity index is 712. The molecule has 0 radical (unpaired) electrons. The van der Waals surface area contributed by atoms with Crippen molar-refractivity contribution in [2.45, 2.75) is 6.42 Å². The van der Waals surface area contributed by atoms with Crippen LogP contribution in [0.15, 0.2) is 41.8 Å². The van der Waals surface area contributed by atoms with E-state index >= 15 is 0 Å². The van der Waals surface area contributed by atoms with Gasteiger partial charge in [-0.1, -0.05) is 24.3 Å². The summed E-state index contributed by atoms with van der Waals surface area (Å²) in [5.74, 6) is -0.233. The van der Waals surface area contributed by atoms with E-state index in [0.29, 0.717) is 6.54 Å². The molecule has 0 bridgehead atoms. The maximum Gasteiger partial charge on any atom is 0.227 e. The van der Waals surface area contributed by atoms with E-state index in [1.807, 2.05) is 30.3 Å². The van der Waals surface area contributed by atoms with E-state index in [2.05, 4.69) is 4.90 Å². The summed E-state index contributed by atoms with van der Waals surface area (Å²) < 4.78 is 28.5. The lowest BCUT2D eigenvalue weighted by molar-refractivity contribution is -0.119. The first kappa shape index (κ1) is 18.1. The highest BCUT2D eigenvalue weighted by molar-refractivity contribution is 7.94. The number of para-hydroxylation sites is 1. The molecule has 2 aliphatic rings. The Morgan fingerprint density at radius 1 is 1.20 bits per heavy atom. The van der Waals surface area contributed by atoms with Gasteiger partial charge in [0, 0.05) is 49.6 Å². The molecule has 7 heteroatoms. The van der Waals surface area contributed by atoms with E-state index in [4.69, 9.17) is 4.74 Å². The summed E-state index contributed by atoms with van der Waals surface area (Å²) in [5.41, 5.74) is 0.852. The Kier molecular flexibility index (Phi) is 5.88. The average Bonchev–Trinajstić information content (AvgIpc) is 2.95. The van der Waals surface area contributed by atoms with Crippen LogP contribution in [0.4, 0.5) is 5.69 Å². The van der Waals surface area contributed by atoms with Crippen LogP contribution < -0.4 is 4.90 Å². The number of morpholine rings is 1. The Balaban J connectivity index is 1.65. The van der Waals surface area contributed by atoms with Gasteiger partial charge in [0.15, 0.2) is 9.84 Å². The Morgan fingerprint density at radius 3 is 2.56 bits per heavy atom. The van der Waals surface area contributed by atoms with Crippen LogP contribution in [0.3, 0.4) is 0 Å². The van der Waals surface area contributed by atoms with Crippen molar-refractivity contribution in [1.29, 1.82) is 0 Å². The number of ether oxygens (including phenoxy) is 1. The van der Waals surface area contributed by atoms with Gasteiger partial charge < -0.3 is 9.64 Å². The SMILES string of the molecule is O=C(CC1C=CS(=O)(=O)C1)N(CCN1CCOCC1)c1ccccc1. The number of carbonyl (C=O) groups excluding carboxylic acids is 1. The first-order valence-electron chi connectivity index (χ1n) is 8.60. The highest BCUT2D eigenvalue weighted by Gasteiger charge is 2.27. The first-order valence-corrected chi connectivity index (χ1v) is 10.3. The number of benzene rings is 1. The summed E-state index contributed by atoms with van der Waals surface area (Å²) in [6.07, 6.45) is 1.85. The van der Waals surface area contributed by atoms with E-state index in [-0.39, 0.29) is 24.0 Å². The third-order valence-corrected chi connectivity index (χ3v) is 6.02. The average molecular weight is 364 g/mol. The van der Waals surface area contributed by atoms with Crippen molar-refractivity contribution < 1.29 is 17.9 Å². The third-order valence-electron chi connectivity index (χ3n) is 4.55. The standard InChI is InChI=1S/C18H24N2O4S/c21-18(14-16-6-13-25(22,23)15-16)20(17-4-2-1-3-5-17)8-7-19-9-11-24-12-10-19/h1-6,13,16H,7-12,14-15H2. The van der Waals surface area contributed by atoms with Crippen LogP contribution in [0, 0.1) is 5.92 Å². The fraction of sp³-hybridized carbons (Fsp3) is 0.500. The van der Waals surface area contributed by atoms with Gasteiger partial charge in [-0.15, -0.1) is 0 Å². The summed E-state index contributed by atoms with van der Waals surface area (Å²) >= 11 is 0. The van der Waals surface area contributed by atoms with E-state index in [1.54, 1.807) is 11.0 Å². The van der Waals surface area contributed by atoms with Gasteiger partial charge in [-0.25, -0.2) is 8.42 Å². The molecule has 1 aromatic rings. The zero-order chi connectivity index (χ0) is 17.7. The lowest BCUT2D eigenvalue weighted by Crippen LogP contribution is -2.43. The van der Waals surface area contributed by atoms with Crippen LogP contribution in [0.2, 0.25) is 0 Å². The zero-order valence-electron chi connectivity index (χ0n) is 14.2. The minimum Gasteiger partial charge on any atom is -0.379 e. The number of rotatable bonds is 6. The molecule has 1 saturated heterocycles. The summed E-state index contributed by atoms with van der Waals surface area (Å²) in [5, 5.41) is 1.23. The van der Waals surface area contributed by atoms with Crippen molar-refractivity contribution in [3.8, 4) is 0 Å². The second-order valence-electron chi connectivity index (χ2n) is 6.46.